The van der Waals surface area contributed by atoms with Crippen LogP contribution in [-0.2, 0) is 25.5 Å². The smallest absolute Gasteiger partial charge is 0.414 e. The van der Waals surface area contributed by atoms with Gasteiger partial charge < -0.3 is 14.8 Å². The molecule has 0 aliphatic heterocycles. The first-order valence-corrected chi connectivity index (χ1v) is 10.1. The van der Waals surface area contributed by atoms with Gasteiger partial charge >= 0.3 is 12.2 Å². The number of nitrogens with one attached hydrogen (secondary N) is 3. The zero-order chi connectivity index (χ0) is 23.1. The molecule has 32 heavy (non-hydrogen) atoms. The summed E-state index contributed by atoms with van der Waals surface area (Å²) in [5, 5.41) is 6.76. The van der Waals surface area contributed by atoms with Gasteiger partial charge in [0.1, 0.15) is 5.57 Å². The van der Waals surface area contributed by atoms with E-state index in [2.05, 4.69) is 20.9 Å². The number of hydrogen-bond acceptors (Lipinski definition) is 7. The summed E-state index contributed by atoms with van der Waals surface area (Å²) >= 11 is 0. The van der Waals surface area contributed by atoms with E-state index in [1.165, 1.54) is 11.1 Å². The highest BCUT2D eigenvalue weighted by atomic mass is 16.6. The first-order chi connectivity index (χ1) is 15.4. The van der Waals surface area contributed by atoms with E-state index in [4.69, 9.17) is 0 Å². The van der Waals surface area contributed by atoms with Crippen LogP contribution in [0, 0.1) is 0 Å². The summed E-state index contributed by atoms with van der Waals surface area (Å²) in [4.78, 5) is 48.1. The second-order valence-electron chi connectivity index (χ2n) is 6.76. The molecular weight excluding hydrogens is 414 g/mol. The van der Waals surface area contributed by atoms with Crippen molar-refractivity contribution in [1.82, 2.24) is 10.6 Å². The lowest BCUT2D eigenvalue weighted by Gasteiger charge is -2.10. The van der Waals surface area contributed by atoms with Crippen molar-refractivity contribution >= 4 is 29.7 Å². The van der Waals surface area contributed by atoms with Crippen LogP contribution in [0.5, 0.6) is 0 Å². The third-order valence-electron chi connectivity index (χ3n) is 4.65. The number of benzene rings is 2. The summed E-state index contributed by atoms with van der Waals surface area (Å²) in [6.45, 7) is 3.23. The lowest BCUT2D eigenvalue weighted by molar-refractivity contribution is -0.122. The molecule has 0 atom stereocenters. The molecule has 1 aliphatic rings. The monoisotopic (exact) mass is 437 g/mol. The Labute approximate surface area is 184 Å². The largest absolute Gasteiger partial charge is 0.450 e. The van der Waals surface area contributed by atoms with Gasteiger partial charge in [0.05, 0.1) is 13.2 Å². The van der Waals surface area contributed by atoms with Crippen molar-refractivity contribution in [2.45, 2.75) is 20.3 Å². The van der Waals surface area contributed by atoms with Crippen LogP contribution in [0.2, 0.25) is 0 Å². The molecule has 1 aliphatic carbocycles. The molecule has 0 saturated carbocycles. The third-order valence-corrected chi connectivity index (χ3v) is 4.65. The van der Waals surface area contributed by atoms with Crippen LogP contribution in [0.25, 0.3) is 11.1 Å². The zero-order valence-corrected chi connectivity index (χ0v) is 17.7. The minimum atomic E-state index is -1.04. The van der Waals surface area contributed by atoms with Gasteiger partial charge in [0.2, 0.25) is 0 Å². The van der Waals surface area contributed by atoms with Crippen LogP contribution in [0.4, 0.5) is 15.3 Å². The van der Waals surface area contributed by atoms with Crippen LogP contribution >= 0.6 is 0 Å². The average Bonchev–Trinajstić information content (AvgIpc) is 3.12. The van der Waals surface area contributed by atoms with Gasteiger partial charge in [-0.3, -0.25) is 20.2 Å². The molecule has 0 fully saturated rings. The minimum Gasteiger partial charge on any atom is -0.450 e. The maximum atomic E-state index is 12.4. The molecule has 9 heteroatoms. The Kier molecular flexibility index (Phi) is 7.22. The lowest BCUT2D eigenvalue weighted by atomic mass is 10.1. The standard InChI is InChI=1S/C23H23N3O6/c1-3-31-22(29)25-20(27)19(21(28)26-23(30)32-4-2)13-24-16-10-9-15-11-14-7-5-6-8-17(14)18(15)12-16/h5-10,12-13,24H,3-4,11H2,1-2H3,(H,25,27,29)(H,26,28,30). The average molecular weight is 437 g/mol. The Balaban J connectivity index is 1.83. The summed E-state index contributed by atoms with van der Waals surface area (Å²) in [7, 11) is 0. The van der Waals surface area contributed by atoms with Gasteiger partial charge in [-0.2, -0.15) is 0 Å². The number of amides is 4. The van der Waals surface area contributed by atoms with E-state index in [0.29, 0.717) is 5.69 Å². The molecule has 2 aromatic rings. The minimum absolute atomic E-state index is 0.0437. The number of alkyl carbamates (subject to hydrolysis) is 2. The Morgan fingerprint density at radius 2 is 1.44 bits per heavy atom. The van der Waals surface area contributed by atoms with Gasteiger partial charge in [-0.1, -0.05) is 30.3 Å². The molecular formula is C23H23N3O6. The van der Waals surface area contributed by atoms with Crippen LogP contribution in [0.1, 0.15) is 25.0 Å². The molecule has 166 valence electrons. The number of carbonyl (C=O) groups excluding carboxylic acids is 4. The van der Waals surface area contributed by atoms with Crippen molar-refractivity contribution in [2.24, 2.45) is 0 Å². The molecule has 3 N–H and O–H groups in total. The normalized spacial score (nSPS) is 10.8. The first-order valence-electron chi connectivity index (χ1n) is 10.1. The fourth-order valence-corrected chi connectivity index (χ4v) is 3.26. The summed E-state index contributed by atoms with van der Waals surface area (Å²) in [5.74, 6) is -2.08. The van der Waals surface area contributed by atoms with Gasteiger partial charge in [-0.15, -0.1) is 0 Å². The van der Waals surface area contributed by atoms with Crippen molar-refractivity contribution < 1.29 is 28.7 Å². The molecule has 0 saturated heterocycles. The lowest BCUT2D eigenvalue weighted by Crippen LogP contribution is -2.40. The Bertz CT molecular complexity index is 1060. The summed E-state index contributed by atoms with van der Waals surface area (Å²) in [6, 6.07) is 13.7. The Hall–Kier alpha value is -4.14. The quantitative estimate of drug-likeness (QED) is 0.308. The molecule has 0 unspecified atom stereocenters. The highest BCUT2D eigenvalue weighted by Gasteiger charge is 2.23. The van der Waals surface area contributed by atoms with Crippen molar-refractivity contribution in [3.05, 3.63) is 65.4 Å². The van der Waals surface area contributed by atoms with Crippen molar-refractivity contribution in [1.29, 1.82) is 0 Å². The number of imide groups is 2. The predicted molar refractivity (Wildman–Crippen MR) is 117 cm³/mol. The Morgan fingerprint density at radius 3 is 2.06 bits per heavy atom. The molecule has 3 rings (SSSR count). The van der Waals surface area contributed by atoms with Crippen molar-refractivity contribution in [3.8, 4) is 11.1 Å². The molecule has 4 amide bonds. The predicted octanol–water partition coefficient (Wildman–Crippen LogP) is 3.10. The van der Waals surface area contributed by atoms with Gasteiger partial charge in [0.15, 0.2) is 0 Å². The van der Waals surface area contributed by atoms with Crippen molar-refractivity contribution in [3.63, 3.8) is 0 Å². The molecule has 2 aromatic carbocycles. The number of rotatable bonds is 6. The second kappa shape index (κ2) is 10.3. The highest BCUT2D eigenvalue weighted by molar-refractivity contribution is 6.23. The fraction of sp³-hybridized carbons (Fsp3) is 0.217. The summed E-state index contributed by atoms with van der Waals surface area (Å²) in [6.07, 6.45) is -0.0782. The van der Waals surface area contributed by atoms with Gasteiger partial charge in [-0.25, -0.2) is 9.59 Å². The maximum Gasteiger partial charge on any atom is 0.414 e. The summed E-state index contributed by atoms with van der Waals surface area (Å²) in [5.41, 5.74) is 4.67. The van der Waals surface area contributed by atoms with Gasteiger partial charge in [-0.05, 0) is 54.7 Å². The van der Waals surface area contributed by atoms with E-state index < -0.39 is 29.6 Å². The van der Waals surface area contributed by atoms with E-state index in [0.717, 1.165) is 23.7 Å². The van der Waals surface area contributed by atoms with Crippen LogP contribution < -0.4 is 16.0 Å². The van der Waals surface area contributed by atoms with Gasteiger partial charge in [0.25, 0.3) is 11.8 Å². The molecule has 0 radical (unpaired) electrons. The van der Waals surface area contributed by atoms with E-state index in [1.54, 1.807) is 13.8 Å². The maximum absolute atomic E-state index is 12.4. The zero-order valence-electron chi connectivity index (χ0n) is 17.7. The van der Waals surface area contributed by atoms with Crippen LogP contribution in [0.3, 0.4) is 0 Å². The number of ether oxygens (including phenoxy) is 2. The van der Waals surface area contributed by atoms with Crippen LogP contribution in [-0.4, -0.2) is 37.2 Å². The summed E-state index contributed by atoms with van der Waals surface area (Å²) < 4.78 is 9.33. The van der Waals surface area contributed by atoms with Crippen LogP contribution in [0.15, 0.2) is 54.2 Å². The number of fused-ring (bicyclic) bond motifs is 3. The molecule has 9 nitrogen and oxygen atoms in total. The number of hydrogen-bond donors (Lipinski definition) is 3. The molecule has 0 bridgehead atoms. The Morgan fingerprint density at radius 1 is 0.844 bits per heavy atom. The van der Waals surface area contributed by atoms with Gasteiger partial charge in [0, 0.05) is 11.9 Å². The van der Waals surface area contributed by atoms with Crippen molar-refractivity contribution in [2.75, 3.05) is 18.5 Å². The third kappa shape index (κ3) is 5.31. The molecule has 0 heterocycles. The second-order valence-corrected chi connectivity index (χ2v) is 6.76. The molecule has 0 spiro atoms. The van der Waals surface area contributed by atoms with E-state index in [-0.39, 0.29) is 13.2 Å². The van der Waals surface area contributed by atoms with E-state index in [9.17, 15) is 19.2 Å². The van der Waals surface area contributed by atoms with E-state index in [1.807, 2.05) is 47.0 Å². The fourth-order valence-electron chi connectivity index (χ4n) is 3.26. The first kappa shape index (κ1) is 22.5. The highest BCUT2D eigenvalue weighted by Crippen LogP contribution is 2.37. The topological polar surface area (TPSA) is 123 Å². The molecule has 0 aromatic heterocycles. The number of anilines is 1. The number of carbonyl (C=O) groups is 4. The van der Waals surface area contributed by atoms with E-state index >= 15 is 0 Å². The SMILES string of the molecule is CCOC(=O)NC(=O)C(=CNc1ccc2c(c1)-c1ccccc1C2)C(=O)NC(=O)OCC.